The maximum absolute atomic E-state index is 12.2. The molecule has 7 heteroatoms. The second kappa shape index (κ2) is 5.67. The molecular weight excluding hydrogens is 262 g/mol. The lowest BCUT2D eigenvalue weighted by Crippen LogP contribution is -2.61. The highest BCUT2D eigenvalue weighted by Gasteiger charge is 2.45. The van der Waals surface area contributed by atoms with E-state index in [1.807, 2.05) is 6.07 Å². The zero-order chi connectivity index (χ0) is 15.6. The van der Waals surface area contributed by atoms with Crippen LogP contribution in [-0.2, 0) is 9.53 Å². The Kier molecular flexibility index (Phi) is 4.61. The number of carboxylic acids is 1. The first kappa shape index (κ1) is 16.2. The van der Waals surface area contributed by atoms with Gasteiger partial charge in [-0.1, -0.05) is 0 Å². The fourth-order valence-electron chi connectivity index (χ4n) is 1.68. The Morgan fingerprint density at radius 1 is 1.40 bits per heavy atom. The summed E-state index contributed by atoms with van der Waals surface area (Å²) in [6.07, 6.45) is -0.634. The molecule has 112 valence electrons. The number of carbonyl (C=O) groups excluding carboxylic acids is 1. The Labute approximate surface area is 118 Å². The molecule has 0 aromatic carbocycles. The average Bonchev–Trinajstić information content (AvgIpc) is 2.37. The summed E-state index contributed by atoms with van der Waals surface area (Å²) in [5, 5.41) is 20.8. The molecule has 7 nitrogen and oxygen atoms in total. The van der Waals surface area contributed by atoms with Crippen LogP contribution in [0.2, 0.25) is 0 Å². The van der Waals surface area contributed by atoms with E-state index in [2.05, 4.69) is 5.32 Å². The van der Waals surface area contributed by atoms with Crippen molar-refractivity contribution in [1.82, 2.24) is 10.2 Å². The molecule has 0 spiro atoms. The van der Waals surface area contributed by atoms with Crippen molar-refractivity contribution in [2.45, 2.75) is 39.3 Å². The van der Waals surface area contributed by atoms with Crippen molar-refractivity contribution < 1.29 is 19.4 Å². The Balaban J connectivity index is 2.75. The van der Waals surface area contributed by atoms with Crippen molar-refractivity contribution in [1.29, 1.82) is 5.26 Å². The van der Waals surface area contributed by atoms with Crippen LogP contribution in [0.15, 0.2) is 0 Å². The minimum absolute atomic E-state index is 0.186. The second-order valence-electron chi connectivity index (χ2n) is 5.92. The summed E-state index contributed by atoms with van der Waals surface area (Å²) in [5.41, 5.74) is -2.06. The van der Waals surface area contributed by atoms with Crippen LogP contribution in [0, 0.1) is 16.7 Å². The van der Waals surface area contributed by atoms with E-state index < -0.39 is 23.0 Å². The van der Waals surface area contributed by atoms with E-state index in [1.165, 1.54) is 4.90 Å². The first-order chi connectivity index (χ1) is 9.11. The Bertz CT molecular complexity index is 439. The van der Waals surface area contributed by atoms with Crippen LogP contribution in [0.4, 0.5) is 4.79 Å². The third-order valence-electron chi connectivity index (χ3n) is 4.01. The molecule has 0 radical (unpaired) electrons. The molecular formula is C13H21N3O4. The van der Waals surface area contributed by atoms with Crippen molar-refractivity contribution in [2.24, 2.45) is 5.41 Å². The van der Waals surface area contributed by atoms with Gasteiger partial charge in [-0.3, -0.25) is 4.79 Å². The topological polar surface area (TPSA) is 103 Å². The molecule has 1 saturated heterocycles. The molecule has 0 aliphatic carbocycles. The molecule has 1 aliphatic heterocycles. The Morgan fingerprint density at radius 3 is 2.50 bits per heavy atom. The van der Waals surface area contributed by atoms with Gasteiger partial charge in [0.15, 0.2) is 6.10 Å². The normalized spacial score (nSPS) is 20.1. The van der Waals surface area contributed by atoms with Gasteiger partial charge in [0.2, 0.25) is 0 Å². The van der Waals surface area contributed by atoms with Crippen LogP contribution in [0.25, 0.3) is 0 Å². The van der Waals surface area contributed by atoms with Crippen LogP contribution in [0.3, 0.4) is 0 Å². The van der Waals surface area contributed by atoms with Gasteiger partial charge >= 0.3 is 12.0 Å². The fraction of sp³-hybridized carbons (Fsp3) is 0.769. The van der Waals surface area contributed by atoms with Gasteiger partial charge < -0.3 is 20.1 Å². The Morgan fingerprint density at radius 2 is 2.00 bits per heavy atom. The maximum atomic E-state index is 12.2. The van der Waals surface area contributed by atoms with E-state index >= 15 is 0 Å². The summed E-state index contributed by atoms with van der Waals surface area (Å²) < 4.78 is 5.17. The Hall–Kier alpha value is -1.81. The number of nitrogens with one attached hydrogen (secondary N) is 1. The molecule has 1 fully saturated rings. The summed E-state index contributed by atoms with van der Waals surface area (Å²) in [6, 6.07) is 1.58. The number of morpholine rings is 1. The third kappa shape index (κ3) is 3.20. The zero-order valence-electron chi connectivity index (χ0n) is 12.3. The van der Waals surface area contributed by atoms with Gasteiger partial charge in [-0.15, -0.1) is 0 Å². The molecule has 1 rings (SSSR count). The highest BCUT2D eigenvalue weighted by Crippen LogP contribution is 2.30. The van der Waals surface area contributed by atoms with Gasteiger partial charge in [0.05, 0.1) is 30.2 Å². The van der Waals surface area contributed by atoms with Gasteiger partial charge in [0, 0.05) is 6.54 Å². The number of carboxylic acid groups (broad SMARTS) is 1. The number of ether oxygens (including phenoxy) is 1. The lowest BCUT2D eigenvalue weighted by molar-refractivity contribution is -0.150. The number of rotatable bonds is 3. The zero-order valence-corrected chi connectivity index (χ0v) is 12.3. The molecule has 1 unspecified atom stereocenters. The maximum Gasteiger partial charge on any atom is 0.318 e. The van der Waals surface area contributed by atoms with Crippen molar-refractivity contribution >= 4 is 12.0 Å². The summed E-state index contributed by atoms with van der Waals surface area (Å²) in [4.78, 5) is 25.0. The molecule has 0 aromatic rings. The molecule has 2 N–H and O–H groups in total. The van der Waals surface area contributed by atoms with E-state index in [-0.39, 0.29) is 12.6 Å². The molecule has 0 saturated carbocycles. The molecule has 0 bridgehead atoms. The molecule has 0 aromatic heterocycles. The number of carbonyl (C=O) groups is 2. The van der Waals surface area contributed by atoms with E-state index in [1.54, 1.807) is 27.7 Å². The summed E-state index contributed by atoms with van der Waals surface area (Å²) >= 11 is 0. The average molecular weight is 283 g/mol. The van der Waals surface area contributed by atoms with Crippen LogP contribution in [0.1, 0.15) is 27.7 Å². The second-order valence-corrected chi connectivity index (χ2v) is 5.92. The number of hydrogen-bond donors (Lipinski definition) is 2. The molecule has 1 atom stereocenters. The molecule has 1 heterocycles. The van der Waals surface area contributed by atoms with Gasteiger partial charge in [-0.2, -0.15) is 5.26 Å². The lowest BCUT2D eigenvalue weighted by atomic mass is 9.74. The van der Waals surface area contributed by atoms with Crippen LogP contribution in [0.5, 0.6) is 0 Å². The summed E-state index contributed by atoms with van der Waals surface area (Å²) in [5.74, 6) is -0.986. The van der Waals surface area contributed by atoms with Crippen molar-refractivity contribution in [3.63, 3.8) is 0 Å². The monoisotopic (exact) mass is 283 g/mol. The predicted molar refractivity (Wildman–Crippen MR) is 71.0 cm³/mol. The summed E-state index contributed by atoms with van der Waals surface area (Å²) in [7, 11) is 0. The van der Waals surface area contributed by atoms with Crippen molar-refractivity contribution in [3.8, 4) is 6.07 Å². The predicted octanol–water partition coefficient (Wildman–Crippen LogP) is 0.810. The van der Waals surface area contributed by atoms with E-state index in [4.69, 9.17) is 10.00 Å². The van der Waals surface area contributed by atoms with Gasteiger partial charge in [-0.25, -0.2) is 4.79 Å². The highest BCUT2D eigenvalue weighted by molar-refractivity contribution is 5.79. The number of amides is 2. The largest absolute Gasteiger partial charge is 0.481 e. The fourth-order valence-corrected chi connectivity index (χ4v) is 1.68. The van der Waals surface area contributed by atoms with E-state index in [9.17, 15) is 14.7 Å². The summed E-state index contributed by atoms with van der Waals surface area (Å²) in [6.45, 7) is 7.33. The van der Waals surface area contributed by atoms with Crippen LogP contribution < -0.4 is 5.32 Å². The smallest absolute Gasteiger partial charge is 0.318 e. The number of aliphatic carboxylic acids is 1. The van der Waals surface area contributed by atoms with E-state index in [0.717, 1.165) is 0 Å². The highest BCUT2D eigenvalue weighted by atomic mass is 16.5. The number of nitriles is 1. The van der Waals surface area contributed by atoms with E-state index in [0.29, 0.717) is 13.2 Å². The quantitative estimate of drug-likeness (QED) is 0.798. The lowest BCUT2D eigenvalue weighted by Gasteiger charge is -2.41. The third-order valence-corrected chi connectivity index (χ3v) is 4.01. The minimum atomic E-state index is -1.12. The van der Waals surface area contributed by atoms with Gasteiger partial charge in [0.25, 0.3) is 0 Å². The van der Waals surface area contributed by atoms with Gasteiger partial charge in [-0.05, 0) is 27.7 Å². The first-order valence-corrected chi connectivity index (χ1v) is 6.43. The van der Waals surface area contributed by atoms with Crippen molar-refractivity contribution in [2.75, 3.05) is 19.7 Å². The van der Waals surface area contributed by atoms with Crippen LogP contribution >= 0.6 is 0 Å². The number of hydrogen-bond acceptors (Lipinski definition) is 4. The minimum Gasteiger partial charge on any atom is -0.481 e. The first-order valence-electron chi connectivity index (χ1n) is 6.43. The molecule has 1 aliphatic rings. The van der Waals surface area contributed by atoms with Crippen molar-refractivity contribution in [3.05, 3.63) is 0 Å². The number of urea groups is 1. The van der Waals surface area contributed by atoms with Gasteiger partial charge in [0.1, 0.15) is 0 Å². The molecule has 20 heavy (non-hydrogen) atoms. The molecule has 2 amide bonds. The van der Waals surface area contributed by atoms with Crippen LogP contribution in [-0.4, -0.2) is 53.3 Å². The SMILES string of the molecule is CC(C)(NC(=O)N1CCOC(C#N)C1)C(C)(C)C(=O)O. The standard InChI is InChI=1S/C13H21N3O4/c1-12(2,10(17)18)13(3,4)15-11(19)16-5-6-20-9(7-14)8-16/h9H,5-6,8H2,1-4H3,(H,15,19)(H,17,18). The number of nitrogens with zero attached hydrogens (tertiary/aromatic N) is 2.